The number of hydrogen-bond donors (Lipinski definition) is 1. The van der Waals surface area contributed by atoms with E-state index in [9.17, 15) is 4.79 Å². The third kappa shape index (κ3) is 4.15. The van der Waals surface area contributed by atoms with E-state index in [0.717, 1.165) is 16.8 Å². The SMILES string of the molecule is Cc1ccc(NC(=O)[C@H](Sc2nnc(-c3ccco3)o2)c2ccccc2)cc1. The van der Waals surface area contributed by atoms with E-state index in [0.29, 0.717) is 11.0 Å². The molecule has 0 saturated carbocycles. The first-order valence-corrected chi connectivity index (χ1v) is 9.53. The van der Waals surface area contributed by atoms with Gasteiger partial charge >= 0.3 is 0 Å². The van der Waals surface area contributed by atoms with Crippen molar-refractivity contribution < 1.29 is 13.6 Å². The van der Waals surface area contributed by atoms with E-state index in [2.05, 4.69) is 15.5 Å². The van der Waals surface area contributed by atoms with Crippen molar-refractivity contribution in [2.45, 2.75) is 17.4 Å². The largest absolute Gasteiger partial charge is 0.459 e. The van der Waals surface area contributed by atoms with Crippen molar-refractivity contribution in [2.24, 2.45) is 0 Å². The van der Waals surface area contributed by atoms with Crippen LogP contribution in [0.2, 0.25) is 0 Å². The van der Waals surface area contributed by atoms with Crippen molar-refractivity contribution >= 4 is 23.4 Å². The van der Waals surface area contributed by atoms with Gasteiger partial charge in [0.15, 0.2) is 5.76 Å². The van der Waals surface area contributed by atoms with Gasteiger partial charge in [0.1, 0.15) is 5.25 Å². The monoisotopic (exact) mass is 391 g/mol. The number of nitrogens with one attached hydrogen (secondary N) is 1. The summed E-state index contributed by atoms with van der Waals surface area (Å²) in [7, 11) is 0. The van der Waals surface area contributed by atoms with Crippen molar-refractivity contribution in [1.82, 2.24) is 10.2 Å². The predicted octanol–water partition coefficient (Wildman–Crippen LogP) is 5.11. The molecule has 1 amide bonds. The van der Waals surface area contributed by atoms with Gasteiger partial charge in [-0.1, -0.05) is 48.0 Å². The molecule has 6 nitrogen and oxygen atoms in total. The van der Waals surface area contributed by atoms with Crippen LogP contribution in [0.5, 0.6) is 0 Å². The second kappa shape index (κ2) is 8.14. The molecule has 0 aliphatic heterocycles. The van der Waals surface area contributed by atoms with Gasteiger partial charge in [0.05, 0.1) is 6.26 Å². The Morgan fingerprint density at radius 1 is 1.00 bits per heavy atom. The van der Waals surface area contributed by atoms with Gasteiger partial charge in [-0.2, -0.15) is 0 Å². The number of rotatable bonds is 6. The molecular formula is C21H17N3O3S. The van der Waals surface area contributed by atoms with Gasteiger partial charge in [-0.05, 0) is 48.5 Å². The van der Waals surface area contributed by atoms with Crippen LogP contribution in [-0.2, 0) is 4.79 Å². The van der Waals surface area contributed by atoms with E-state index in [1.54, 1.807) is 12.1 Å². The third-order valence-electron chi connectivity index (χ3n) is 4.02. The molecule has 4 rings (SSSR count). The highest BCUT2D eigenvalue weighted by Crippen LogP contribution is 2.36. The topological polar surface area (TPSA) is 81.2 Å². The van der Waals surface area contributed by atoms with Crippen LogP contribution in [0.1, 0.15) is 16.4 Å². The van der Waals surface area contributed by atoms with E-state index >= 15 is 0 Å². The van der Waals surface area contributed by atoms with Crippen LogP contribution in [0.4, 0.5) is 5.69 Å². The molecule has 28 heavy (non-hydrogen) atoms. The first-order chi connectivity index (χ1) is 13.7. The molecule has 0 radical (unpaired) electrons. The minimum atomic E-state index is -0.549. The molecule has 2 aromatic heterocycles. The average molecular weight is 391 g/mol. The minimum absolute atomic E-state index is 0.169. The number of aryl methyl sites for hydroxylation is 1. The Balaban J connectivity index is 1.57. The predicted molar refractivity (Wildman–Crippen MR) is 107 cm³/mol. The number of amides is 1. The molecule has 0 aliphatic carbocycles. The average Bonchev–Trinajstić information content (AvgIpc) is 3.40. The van der Waals surface area contributed by atoms with Crippen LogP contribution >= 0.6 is 11.8 Å². The summed E-state index contributed by atoms with van der Waals surface area (Å²) < 4.78 is 10.9. The van der Waals surface area contributed by atoms with E-state index in [4.69, 9.17) is 8.83 Å². The zero-order valence-corrected chi connectivity index (χ0v) is 15.8. The second-order valence-electron chi connectivity index (χ2n) is 6.11. The number of furan rings is 1. The lowest BCUT2D eigenvalue weighted by Crippen LogP contribution is -2.19. The molecular weight excluding hydrogens is 374 g/mol. The number of hydrogen-bond acceptors (Lipinski definition) is 6. The van der Waals surface area contributed by atoms with E-state index in [1.807, 2.05) is 61.5 Å². The van der Waals surface area contributed by atoms with Crippen LogP contribution in [0, 0.1) is 6.92 Å². The summed E-state index contributed by atoms with van der Waals surface area (Å²) in [5.74, 6) is 0.593. The van der Waals surface area contributed by atoms with Crippen molar-refractivity contribution in [3.63, 3.8) is 0 Å². The van der Waals surface area contributed by atoms with Gasteiger partial charge in [-0.15, -0.1) is 10.2 Å². The van der Waals surface area contributed by atoms with Crippen LogP contribution in [0.25, 0.3) is 11.7 Å². The molecule has 0 fully saturated rings. The highest BCUT2D eigenvalue weighted by Gasteiger charge is 2.25. The molecule has 7 heteroatoms. The maximum absolute atomic E-state index is 13.0. The van der Waals surface area contributed by atoms with Gasteiger partial charge in [-0.3, -0.25) is 4.79 Å². The van der Waals surface area contributed by atoms with Gasteiger partial charge in [0.25, 0.3) is 11.1 Å². The lowest BCUT2D eigenvalue weighted by molar-refractivity contribution is -0.115. The summed E-state index contributed by atoms with van der Waals surface area (Å²) >= 11 is 1.20. The summed E-state index contributed by atoms with van der Waals surface area (Å²) in [4.78, 5) is 13.0. The van der Waals surface area contributed by atoms with E-state index < -0.39 is 5.25 Å². The minimum Gasteiger partial charge on any atom is -0.459 e. The molecule has 2 heterocycles. The van der Waals surface area contributed by atoms with E-state index in [1.165, 1.54) is 18.0 Å². The quantitative estimate of drug-likeness (QED) is 0.460. The maximum Gasteiger partial charge on any atom is 0.284 e. The fraction of sp³-hybridized carbons (Fsp3) is 0.0952. The Morgan fingerprint density at radius 2 is 1.79 bits per heavy atom. The molecule has 0 bridgehead atoms. The van der Waals surface area contributed by atoms with Crippen molar-refractivity contribution in [2.75, 3.05) is 5.32 Å². The van der Waals surface area contributed by atoms with Crippen LogP contribution in [0.3, 0.4) is 0 Å². The highest BCUT2D eigenvalue weighted by atomic mass is 32.2. The third-order valence-corrected chi connectivity index (χ3v) is 5.11. The fourth-order valence-electron chi connectivity index (χ4n) is 2.60. The number of nitrogens with zero attached hydrogens (tertiary/aromatic N) is 2. The summed E-state index contributed by atoms with van der Waals surface area (Å²) in [5, 5.41) is 10.7. The van der Waals surface area contributed by atoms with Gasteiger partial charge < -0.3 is 14.2 Å². The van der Waals surface area contributed by atoms with Crippen molar-refractivity contribution in [3.05, 3.63) is 84.1 Å². The lowest BCUT2D eigenvalue weighted by atomic mass is 10.1. The fourth-order valence-corrected chi connectivity index (χ4v) is 3.48. The lowest BCUT2D eigenvalue weighted by Gasteiger charge is -2.15. The Kier molecular flexibility index (Phi) is 5.25. The van der Waals surface area contributed by atoms with Crippen LogP contribution in [0.15, 0.2) is 87.1 Å². The zero-order chi connectivity index (χ0) is 19.3. The number of carbonyl (C=O) groups excluding carboxylic acids is 1. The highest BCUT2D eigenvalue weighted by molar-refractivity contribution is 8.00. The van der Waals surface area contributed by atoms with Gasteiger partial charge in [-0.25, -0.2) is 0 Å². The van der Waals surface area contributed by atoms with E-state index in [-0.39, 0.29) is 11.8 Å². The van der Waals surface area contributed by atoms with Crippen LogP contribution in [-0.4, -0.2) is 16.1 Å². The summed E-state index contributed by atoms with van der Waals surface area (Å²) in [5.41, 5.74) is 2.71. The Hall–Kier alpha value is -3.32. The summed E-state index contributed by atoms with van der Waals surface area (Å²) in [6.45, 7) is 2.00. The second-order valence-corrected chi connectivity index (χ2v) is 7.17. The van der Waals surface area contributed by atoms with Gasteiger partial charge in [0.2, 0.25) is 5.91 Å². The zero-order valence-electron chi connectivity index (χ0n) is 15.0. The molecule has 0 unspecified atom stereocenters. The first kappa shape index (κ1) is 18.1. The Bertz CT molecular complexity index is 1040. The molecule has 0 aliphatic rings. The van der Waals surface area contributed by atoms with Crippen molar-refractivity contribution in [3.8, 4) is 11.7 Å². The maximum atomic E-state index is 13.0. The molecule has 2 aromatic carbocycles. The number of thioether (sulfide) groups is 1. The van der Waals surface area contributed by atoms with Crippen molar-refractivity contribution in [1.29, 1.82) is 0 Å². The first-order valence-electron chi connectivity index (χ1n) is 8.65. The molecule has 0 spiro atoms. The molecule has 1 N–H and O–H groups in total. The number of anilines is 1. The summed E-state index contributed by atoms with van der Waals surface area (Å²) in [6, 6.07) is 20.6. The Morgan fingerprint density at radius 3 is 2.50 bits per heavy atom. The summed E-state index contributed by atoms with van der Waals surface area (Å²) in [6.07, 6.45) is 1.54. The normalized spacial score (nSPS) is 11.9. The molecule has 1 atom stereocenters. The number of carbonyl (C=O) groups is 1. The molecule has 0 saturated heterocycles. The number of aromatic nitrogens is 2. The number of benzene rings is 2. The molecule has 4 aromatic rings. The standard InChI is InChI=1S/C21H17N3O3S/c1-14-9-11-16(12-10-14)22-19(25)18(15-6-3-2-4-7-15)28-21-24-23-20(27-21)17-8-5-13-26-17/h2-13,18H,1H3,(H,22,25)/t18-/m1/s1. The smallest absolute Gasteiger partial charge is 0.284 e. The molecule has 140 valence electrons. The Labute approximate surface area is 166 Å². The van der Waals surface area contributed by atoms with Crippen LogP contribution < -0.4 is 5.32 Å². The van der Waals surface area contributed by atoms with Gasteiger partial charge in [0, 0.05) is 5.69 Å².